The van der Waals surface area contributed by atoms with Gasteiger partial charge in [-0.1, -0.05) is 11.3 Å². The largest absolute Gasteiger partial charge is 0.382 e. The van der Waals surface area contributed by atoms with E-state index in [1.165, 1.54) is 11.3 Å². The summed E-state index contributed by atoms with van der Waals surface area (Å²) >= 11 is 1.28. The summed E-state index contributed by atoms with van der Waals surface area (Å²) in [5.74, 6) is 0.104. The van der Waals surface area contributed by atoms with Gasteiger partial charge in [-0.15, -0.1) is 0 Å². The molecule has 0 aliphatic heterocycles. The maximum Gasteiger partial charge on any atom is 0.265 e. The molecule has 0 spiro atoms. The summed E-state index contributed by atoms with van der Waals surface area (Å²) in [4.78, 5) is 18.8. The van der Waals surface area contributed by atoms with Crippen molar-refractivity contribution in [3.63, 3.8) is 0 Å². The summed E-state index contributed by atoms with van der Waals surface area (Å²) in [5.41, 5.74) is 5.70. The normalized spacial score (nSPS) is 13.3. The van der Waals surface area contributed by atoms with E-state index in [4.69, 9.17) is 5.73 Å². The van der Waals surface area contributed by atoms with Crippen LogP contribution >= 0.6 is 11.3 Å². The fourth-order valence-corrected chi connectivity index (χ4v) is 2.38. The van der Waals surface area contributed by atoms with Crippen molar-refractivity contribution >= 4 is 28.2 Å². The van der Waals surface area contributed by atoms with Crippen LogP contribution in [0.25, 0.3) is 0 Å². The van der Waals surface area contributed by atoms with Gasteiger partial charge < -0.3 is 21.3 Å². The molecule has 1 atom stereocenters. The highest BCUT2D eigenvalue weighted by Gasteiger charge is 2.19. The van der Waals surface area contributed by atoms with Crippen molar-refractivity contribution in [3.05, 3.63) is 4.88 Å². The minimum Gasteiger partial charge on any atom is -0.382 e. The molecule has 6 nitrogen and oxygen atoms in total. The average Bonchev–Trinajstić information content (AvgIpc) is 2.63. The Labute approximate surface area is 124 Å². The molecule has 1 unspecified atom stereocenters. The number of amides is 1. The van der Waals surface area contributed by atoms with Crippen LogP contribution in [0, 0.1) is 0 Å². The fraction of sp³-hybridized carbons (Fsp3) is 0.692. The van der Waals surface area contributed by atoms with E-state index in [2.05, 4.69) is 15.6 Å². The zero-order chi connectivity index (χ0) is 15.5. The quantitative estimate of drug-likeness (QED) is 0.769. The van der Waals surface area contributed by atoms with Crippen LogP contribution in [-0.4, -0.2) is 48.0 Å². The van der Waals surface area contributed by atoms with Gasteiger partial charge in [0, 0.05) is 18.1 Å². The van der Waals surface area contributed by atoms with Crippen molar-refractivity contribution in [3.8, 4) is 0 Å². The van der Waals surface area contributed by atoms with Gasteiger partial charge in [0.15, 0.2) is 5.13 Å². The molecule has 1 aromatic rings. The van der Waals surface area contributed by atoms with Crippen molar-refractivity contribution in [1.82, 2.24) is 15.2 Å². The van der Waals surface area contributed by atoms with Gasteiger partial charge in [0.05, 0.1) is 0 Å². The number of thiazole rings is 1. The molecule has 1 heterocycles. The van der Waals surface area contributed by atoms with E-state index in [-0.39, 0.29) is 23.3 Å². The Morgan fingerprint density at radius 3 is 2.55 bits per heavy atom. The Morgan fingerprint density at radius 1 is 1.45 bits per heavy atom. The molecule has 0 bridgehead atoms. The second kappa shape index (κ2) is 6.41. The monoisotopic (exact) mass is 299 g/mol. The van der Waals surface area contributed by atoms with Gasteiger partial charge in [0.1, 0.15) is 10.7 Å². The summed E-state index contributed by atoms with van der Waals surface area (Å²) < 4.78 is 0. The van der Waals surface area contributed by atoms with Crippen LogP contribution in [0.5, 0.6) is 0 Å². The molecule has 1 amide bonds. The fourth-order valence-electron chi connectivity index (χ4n) is 1.37. The second-order valence-electron chi connectivity index (χ2n) is 6.13. The van der Waals surface area contributed by atoms with Gasteiger partial charge in [0.2, 0.25) is 0 Å². The number of hydrogen-bond donors (Lipinski definition) is 3. The maximum atomic E-state index is 12.1. The molecule has 0 aliphatic rings. The number of nitrogen functional groups attached to an aromatic ring is 1. The van der Waals surface area contributed by atoms with Gasteiger partial charge in [-0.25, -0.2) is 4.98 Å². The maximum absolute atomic E-state index is 12.1. The standard InChI is InChI=1S/C13H25N5OS/c1-8(18(5)6)7-15-11(19)9-10(14)16-12(20-9)17-13(2,3)4/h8H,7,14H2,1-6H3,(H,15,19)(H,16,17). The Bertz CT molecular complexity index is 464. The first-order valence-corrected chi connectivity index (χ1v) is 7.41. The van der Waals surface area contributed by atoms with E-state index in [0.29, 0.717) is 16.6 Å². The van der Waals surface area contributed by atoms with Crippen LogP contribution in [0.1, 0.15) is 37.4 Å². The summed E-state index contributed by atoms with van der Waals surface area (Å²) in [7, 11) is 3.95. The van der Waals surface area contributed by atoms with E-state index in [0.717, 1.165) is 0 Å². The molecule has 4 N–H and O–H groups in total. The molecule has 114 valence electrons. The molecule has 0 saturated heterocycles. The Kier molecular flexibility index (Phi) is 5.35. The lowest BCUT2D eigenvalue weighted by Gasteiger charge is -2.19. The number of aromatic nitrogens is 1. The van der Waals surface area contributed by atoms with Crippen molar-refractivity contribution < 1.29 is 4.79 Å². The second-order valence-corrected chi connectivity index (χ2v) is 7.13. The third-order valence-electron chi connectivity index (χ3n) is 2.78. The van der Waals surface area contributed by atoms with Crippen LogP contribution in [0.2, 0.25) is 0 Å². The summed E-state index contributed by atoms with van der Waals surface area (Å²) in [6.45, 7) is 8.71. The Balaban J connectivity index is 2.69. The van der Waals surface area contributed by atoms with Gasteiger partial charge in [-0.3, -0.25) is 4.79 Å². The number of anilines is 2. The van der Waals surface area contributed by atoms with E-state index in [9.17, 15) is 4.79 Å². The van der Waals surface area contributed by atoms with E-state index in [1.54, 1.807) is 0 Å². The third kappa shape index (κ3) is 4.97. The molecular formula is C13H25N5OS. The number of rotatable bonds is 5. The molecule has 0 aliphatic carbocycles. The molecule has 1 aromatic heterocycles. The highest BCUT2D eigenvalue weighted by molar-refractivity contribution is 7.18. The first kappa shape index (κ1) is 16.7. The summed E-state index contributed by atoms with van der Waals surface area (Å²) in [5, 5.41) is 6.77. The Hall–Kier alpha value is -1.34. The number of likely N-dealkylation sites (N-methyl/N-ethyl adjacent to an activating group) is 1. The molecule has 7 heteroatoms. The van der Waals surface area contributed by atoms with Crippen molar-refractivity contribution in [1.29, 1.82) is 0 Å². The predicted molar refractivity (Wildman–Crippen MR) is 85.4 cm³/mol. The topological polar surface area (TPSA) is 83.3 Å². The number of carbonyl (C=O) groups excluding carboxylic acids is 1. The molecule has 20 heavy (non-hydrogen) atoms. The molecule has 1 rings (SSSR count). The van der Waals surface area contributed by atoms with Crippen LogP contribution in [-0.2, 0) is 0 Å². The third-order valence-corrected chi connectivity index (χ3v) is 3.77. The van der Waals surface area contributed by atoms with Crippen molar-refractivity contribution in [2.45, 2.75) is 39.3 Å². The summed E-state index contributed by atoms with van der Waals surface area (Å²) in [6.07, 6.45) is 0. The average molecular weight is 299 g/mol. The molecule has 0 aromatic carbocycles. The van der Waals surface area contributed by atoms with Crippen LogP contribution in [0.15, 0.2) is 0 Å². The van der Waals surface area contributed by atoms with Gasteiger partial charge in [-0.2, -0.15) is 0 Å². The number of hydrogen-bond acceptors (Lipinski definition) is 6. The van der Waals surface area contributed by atoms with Gasteiger partial charge in [0.25, 0.3) is 5.91 Å². The minimum atomic E-state index is -0.171. The predicted octanol–water partition coefficient (Wildman–Crippen LogP) is 1.62. The SMILES string of the molecule is CC(CNC(=O)c1sc(NC(C)(C)C)nc1N)N(C)C. The first-order valence-electron chi connectivity index (χ1n) is 6.59. The van der Waals surface area contributed by atoms with Crippen LogP contribution < -0.4 is 16.4 Å². The minimum absolute atomic E-state index is 0.114. The van der Waals surface area contributed by atoms with E-state index < -0.39 is 0 Å². The first-order chi connectivity index (χ1) is 9.10. The van der Waals surface area contributed by atoms with Gasteiger partial charge >= 0.3 is 0 Å². The number of nitrogens with one attached hydrogen (secondary N) is 2. The van der Waals surface area contributed by atoms with Crippen molar-refractivity contribution in [2.24, 2.45) is 0 Å². The highest BCUT2D eigenvalue weighted by atomic mass is 32.1. The summed E-state index contributed by atoms with van der Waals surface area (Å²) in [6, 6.07) is 0.264. The van der Waals surface area contributed by atoms with Crippen LogP contribution in [0.3, 0.4) is 0 Å². The zero-order valence-electron chi connectivity index (χ0n) is 13.1. The van der Waals surface area contributed by atoms with Crippen LogP contribution in [0.4, 0.5) is 10.9 Å². The lowest BCUT2D eigenvalue weighted by Crippen LogP contribution is -2.38. The molecular weight excluding hydrogens is 274 g/mol. The highest BCUT2D eigenvalue weighted by Crippen LogP contribution is 2.27. The molecule has 0 saturated carbocycles. The Morgan fingerprint density at radius 2 is 2.05 bits per heavy atom. The lowest BCUT2D eigenvalue weighted by atomic mass is 10.1. The number of nitrogens with two attached hydrogens (primary N) is 1. The molecule has 0 radical (unpaired) electrons. The van der Waals surface area contributed by atoms with Gasteiger partial charge in [-0.05, 0) is 41.8 Å². The van der Waals surface area contributed by atoms with E-state index >= 15 is 0 Å². The van der Waals surface area contributed by atoms with E-state index in [1.807, 2.05) is 46.7 Å². The number of nitrogens with zero attached hydrogens (tertiary/aromatic N) is 2. The van der Waals surface area contributed by atoms with Crippen molar-refractivity contribution in [2.75, 3.05) is 31.7 Å². The lowest BCUT2D eigenvalue weighted by molar-refractivity contribution is 0.0948. The smallest absolute Gasteiger partial charge is 0.265 e. The zero-order valence-corrected chi connectivity index (χ0v) is 13.9. The number of carbonyl (C=O) groups is 1. The molecule has 0 fully saturated rings.